The van der Waals surface area contributed by atoms with E-state index in [-0.39, 0.29) is 17.4 Å². The molecule has 132 valence electrons. The number of carbonyl (C=O) groups is 1. The van der Waals surface area contributed by atoms with E-state index < -0.39 is 0 Å². The second kappa shape index (κ2) is 6.30. The highest BCUT2D eigenvalue weighted by atomic mass is 16.3. The number of hydrogen-bond acceptors (Lipinski definition) is 3. The number of piperidine rings is 1. The van der Waals surface area contributed by atoms with Gasteiger partial charge in [-0.05, 0) is 42.4 Å². The largest absolute Gasteiger partial charge is 0.392 e. The Kier molecular flexibility index (Phi) is 4.12. The molecule has 4 rings (SSSR count). The number of aliphatic hydroxyl groups excluding tert-OH is 1. The molecule has 0 unspecified atom stereocenters. The maximum absolute atomic E-state index is 12.5. The van der Waals surface area contributed by atoms with Crippen LogP contribution >= 0.6 is 0 Å². The molecule has 1 aromatic heterocycles. The summed E-state index contributed by atoms with van der Waals surface area (Å²) in [5.41, 5.74) is 3.51. The number of hydrogen-bond donors (Lipinski definition) is 1. The molecule has 1 fully saturated rings. The number of benzene rings is 1. The Labute approximate surface area is 148 Å². The smallest absolute Gasteiger partial charge is 0.222 e. The molecule has 0 saturated carbocycles. The van der Waals surface area contributed by atoms with E-state index in [0.29, 0.717) is 6.42 Å². The monoisotopic (exact) mass is 339 g/mol. The summed E-state index contributed by atoms with van der Waals surface area (Å²) in [5.74, 6) is 0.208. The SMILES string of the molecule is Cn1cc(CCC(=O)N2CCC3(CC2)c2ccccc2C[C@H]3O)cn1. The van der Waals surface area contributed by atoms with Crippen LogP contribution in [0.1, 0.15) is 36.0 Å². The molecular formula is C20H25N3O2. The van der Waals surface area contributed by atoms with Gasteiger partial charge in [0.1, 0.15) is 0 Å². The van der Waals surface area contributed by atoms with Gasteiger partial charge in [-0.15, -0.1) is 0 Å². The van der Waals surface area contributed by atoms with Gasteiger partial charge in [-0.2, -0.15) is 5.10 Å². The molecule has 1 aromatic carbocycles. The number of rotatable bonds is 3. The summed E-state index contributed by atoms with van der Waals surface area (Å²) in [6.45, 7) is 1.47. The third-order valence-corrected chi connectivity index (χ3v) is 6.00. The van der Waals surface area contributed by atoms with Crippen molar-refractivity contribution in [3.05, 3.63) is 53.3 Å². The van der Waals surface area contributed by atoms with Crippen molar-refractivity contribution in [1.29, 1.82) is 0 Å². The number of likely N-dealkylation sites (tertiary alicyclic amines) is 1. The molecule has 1 aliphatic carbocycles. The molecule has 1 atom stereocenters. The van der Waals surface area contributed by atoms with Crippen LogP contribution in [0.5, 0.6) is 0 Å². The number of fused-ring (bicyclic) bond motifs is 2. The molecule has 1 saturated heterocycles. The Morgan fingerprint density at radius 2 is 2.08 bits per heavy atom. The van der Waals surface area contributed by atoms with E-state index in [0.717, 1.165) is 44.3 Å². The topological polar surface area (TPSA) is 58.4 Å². The Morgan fingerprint density at radius 3 is 2.80 bits per heavy atom. The van der Waals surface area contributed by atoms with Gasteiger partial charge in [-0.25, -0.2) is 0 Å². The summed E-state index contributed by atoms with van der Waals surface area (Å²) in [6.07, 6.45) is 7.17. The summed E-state index contributed by atoms with van der Waals surface area (Å²) in [7, 11) is 1.89. The van der Waals surface area contributed by atoms with Crippen molar-refractivity contribution in [3.63, 3.8) is 0 Å². The van der Waals surface area contributed by atoms with Gasteiger partial charge in [-0.1, -0.05) is 24.3 Å². The normalized spacial score (nSPS) is 21.5. The van der Waals surface area contributed by atoms with E-state index in [1.165, 1.54) is 11.1 Å². The van der Waals surface area contributed by atoms with E-state index in [4.69, 9.17) is 0 Å². The maximum atomic E-state index is 12.5. The van der Waals surface area contributed by atoms with E-state index in [1.54, 1.807) is 4.68 Å². The Morgan fingerprint density at radius 1 is 1.32 bits per heavy atom. The van der Waals surface area contributed by atoms with Crippen molar-refractivity contribution in [2.45, 2.75) is 43.6 Å². The summed E-state index contributed by atoms with van der Waals surface area (Å²) >= 11 is 0. The molecule has 5 heteroatoms. The van der Waals surface area contributed by atoms with Crippen molar-refractivity contribution in [1.82, 2.24) is 14.7 Å². The molecule has 2 aliphatic rings. The maximum Gasteiger partial charge on any atom is 0.222 e. The fourth-order valence-corrected chi connectivity index (χ4v) is 4.54. The fraction of sp³-hybridized carbons (Fsp3) is 0.500. The van der Waals surface area contributed by atoms with Crippen LogP contribution in [0.25, 0.3) is 0 Å². The third kappa shape index (κ3) is 2.86. The Bertz CT molecular complexity index is 775. The standard InChI is InChI=1S/C20H25N3O2/c1-22-14-15(13-21-22)6-7-19(25)23-10-8-20(9-11-23)17-5-3-2-4-16(17)12-18(20)24/h2-5,13-14,18,24H,6-12H2,1H3/t18-/m1/s1. The van der Waals surface area contributed by atoms with Gasteiger partial charge in [0.25, 0.3) is 0 Å². The van der Waals surface area contributed by atoms with Crippen LogP contribution in [0.2, 0.25) is 0 Å². The molecule has 1 spiro atoms. The Hall–Kier alpha value is -2.14. The van der Waals surface area contributed by atoms with Crippen LogP contribution in [0, 0.1) is 0 Å². The summed E-state index contributed by atoms with van der Waals surface area (Å²) < 4.78 is 1.77. The molecule has 0 radical (unpaired) electrons. The second-order valence-electron chi connectivity index (χ2n) is 7.44. The minimum Gasteiger partial charge on any atom is -0.392 e. The molecule has 1 aliphatic heterocycles. The molecule has 0 bridgehead atoms. The molecule has 5 nitrogen and oxygen atoms in total. The van der Waals surface area contributed by atoms with Crippen LogP contribution in [0.15, 0.2) is 36.7 Å². The summed E-state index contributed by atoms with van der Waals surface area (Å²) in [6, 6.07) is 8.38. The summed E-state index contributed by atoms with van der Waals surface area (Å²) in [4.78, 5) is 14.5. The van der Waals surface area contributed by atoms with Crippen LogP contribution in [0.4, 0.5) is 0 Å². The van der Waals surface area contributed by atoms with Crippen LogP contribution in [-0.2, 0) is 30.1 Å². The predicted molar refractivity (Wildman–Crippen MR) is 95.2 cm³/mol. The highest BCUT2D eigenvalue weighted by molar-refractivity contribution is 5.76. The fourth-order valence-electron chi connectivity index (χ4n) is 4.54. The van der Waals surface area contributed by atoms with E-state index in [2.05, 4.69) is 23.3 Å². The first kappa shape index (κ1) is 16.3. The molecule has 1 N–H and O–H groups in total. The van der Waals surface area contributed by atoms with E-state index in [1.807, 2.05) is 30.4 Å². The van der Waals surface area contributed by atoms with Crippen LogP contribution in [-0.4, -0.2) is 44.9 Å². The van der Waals surface area contributed by atoms with E-state index in [9.17, 15) is 9.90 Å². The molecule has 1 amide bonds. The number of nitrogens with zero attached hydrogens (tertiary/aromatic N) is 3. The molecule has 2 heterocycles. The number of carbonyl (C=O) groups excluding carboxylic acids is 1. The lowest BCUT2D eigenvalue weighted by Gasteiger charge is -2.42. The minimum absolute atomic E-state index is 0.156. The van der Waals surface area contributed by atoms with Gasteiger partial charge < -0.3 is 10.0 Å². The number of amides is 1. The number of aliphatic hydroxyl groups is 1. The first-order valence-corrected chi connectivity index (χ1v) is 9.10. The summed E-state index contributed by atoms with van der Waals surface area (Å²) in [5, 5.41) is 14.8. The lowest BCUT2D eigenvalue weighted by atomic mass is 9.72. The second-order valence-corrected chi connectivity index (χ2v) is 7.44. The van der Waals surface area contributed by atoms with Crippen molar-refractivity contribution in [2.24, 2.45) is 7.05 Å². The Balaban J connectivity index is 1.39. The molecule has 2 aromatic rings. The molecule has 25 heavy (non-hydrogen) atoms. The van der Waals surface area contributed by atoms with Gasteiger partial charge in [0, 0.05) is 38.2 Å². The van der Waals surface area contributed by atoms with Gasteiger partial charge in [0.15, 0.2) is 0 Å². The van der Waals surface area contributed by atoms with Crippen LogP contribution < -0.4 is 0 Å². The quantitative estimate of drug-likeness (QED) is 0.928. The zero-order valence-electron chi connectivity index (χ0n) is 14.7. The highest BCUT2D eigenvalue weighted by Crippen LogP contribution is 2.46. The van der Waals surface area contributed by atoms with Crippen molar-refractivity contribution >= 4 is 5.91 Å². The minimum atomic E-state index is -0.322. The first-order chi connectivity index (χ1) is 12.1. The van der Waals surface area contributed by atoms with Gasteiger partial charge in [0.05, 0.1) is 12.3 Å². The van der Waals surface area contributed by atoms with Crippen molar-refractivity contribution < 1.29 is 9.90 Å². The first-order valence-electron chi connectivity index (χ1n) is 9.10. The zero-order valence-corrected chi connectivity index (χ0v) is 14.7. The lowest BCUT2D eigenvalue weighted by molar-refractivity contribution is -0.133. The van der Waals surface area contributed by atoms with Crippen molar-refractivity contribution in [3.8, 4) is 0 Å². The third-order valence-electron chi connectivity index (χ3n) is 6.00. The predicted octanol–water partition coefficient (Wildman–Crippen LogP) is 1.83. The number of aromatic nitrogens is 2. The lowest BCUT2D eigenvalue weighted by Crippen LogP contribution is -2.49. The average molecular weight is 339 g/mol. The van der Waals surface area contributed by atoms with Crippen LogP contribution in [0.3, 0.4) is 0 Å². The van der Waals surface area contributed by atoms with Gasteiger partial charge in [-0.3, -0.25) is 9.48 Å². The molecular weight excluding hydrogens is 314 g/mol. The number of aryl methyl sites for hydroxylation is 2. The van der Waals surface area contributed by atoms with Crippen molar-refractivity contribution in [2.75, 3.05) is 13.1 Å². The van der Waals surface area contributed by atoms with Gasteiger partial charge >= 0.3 is 0 Å². The van der Waals surface area contributed by atoms with E-state index >= 15 is 0 Å². The average Bonchev–Trinajstić information content (AvgIpc) is 3.16. The zero-order chi connectivity index (χ0) is 17.4. The highest BCUT2D eigenvalue weighted by Gasteiger charge is 2.47. The van der Waals surface area contributed by atoms with Gasteiger partial charge in [0.2, 0.25) is 5.91 Å².